The van der Waals surface area contributed by atoms with Crippen molar-refractivity contribution in [1.82, 2.24) is 14.7 Å². The molecule has 0 aromatic carbocycles. The van der Waals surface area contributed by atoms with Crippen LogP contribution in [0.4, 0.5) is 0 Å². The van der Waals surface area contributed by atoms with Crippen LogP contribution in [0.2, 0.25) is 0 Å². The molecule has 0 aliphatic carbocycles. The molecule has 118 valence electrons. The second-order valence-corrected chi connectivity index (χ2v) is 7.03. The molecular formula is C17H35N3. The zero-order chi connectivity index (χ0) is 14.7. The molecule has 3 saturated heterocycles. The van der Waals surface area contributed by atoms with Crippen LogP contribution in [0, 0.1) is 5.92 Å². The van der Waals surface area contributed by atoms with Gasteiger partial charge >= 0.3 is 0 Å². The van der Waals surface area contributed by atoms with E-state index in [2.05, 4.69) is 35.6 Å². The minimum atomic E-state index is 0.741. The molecule has 2 atom stereocenters. The third-order valence-electron chi connectivity index (χ3n) is 5.39. The molecule has 3 heteroatoms. The van der Waals surface area contributed by atoms with Gasteiger partial charge in [-0.05, 0) is 59.2 Å². The van der Waals surface area contributed by atoms with Crippen LogP contribution < -0.4 is 0 Å². The van der Waals surface area contributed by atoms with Gasteiger partial charge in [0.1, 0.15) is 0 Å². The third kappa shape index (κ3) is 3.55. The highest BCUT2D eigenvalue weighted by Crippen LogP contribution is 2.33. The number of piperidine rings is 1. The molecule has 3 nitrogen and oxygen atoms in total. The SMILES string of the molecule is CC.CC(C)N1CC2CC1CN2CC1CCN(C)CC1. The lowest BCUT2D eigenvalue weighted by molar-refractivity contribution is 0.0810. The molecule has 0 amide bonds. The molecule has 0 aromatic rings. The van der Waals surface area contributed by atoms with Gasteiger partial charge in [-0.25, -0.2) is 0 Å². The van der Waals surface area contributed by atoms with Crippen molar-refractivity contribution in [3.8, 4) is 0 Å². The molecule has 0 spiro atoms. The van der Waals surface area contributed by atoms with Crippen molar-refractivity contribution >= 4 is 0 Å². The Labute approximate surface area is 126 Å². The van der Waals surface area contributed by atoms with Gasteiger partial charge in [0.2, 0.25) is 0 Å². The van der Waals surface area contributed by atoms with E-state index in [0.717, 1.165) is 24.0 Å². The van der Waals surface area contributed by atoms with Crippen molar-refractivity contribution < 1.29 is 0 Å². The van der Waals surface area contributed by atoms with E-state index in [-0.39, 0.29) is 0 Å². The van der Waals surface area contributed by atoms with Crippen LogP contribution in [0.25, 0.3) is 0 Å². The van der Waals surface area contributed by atoms with E-state index in [1.54, 1.807) is 0 Å². The predicted octanol–water partition coefficient (Wildman–Crippen LogP) is 2.52. The molecule has 2 bridgehead atoms. The van der Waals surface area contributed by atoms with E-state index in [1.807, 2.05) is 13.8 Å². The van der Waals surface area contributed by atoms with E-state index in [4.69, 9.17) is 0 Å². The Balaban J connectivity index is 0.000000704. The molecule has 3 rings (SSSR count). The minimum absolute atomic E-state index is 0.741. The fourth-order valence-corrected chi connectivity index (χ4v) is 4.21. The van der Waals surface area contributed by atoms with Crippen LogP contribution in [-0.4, -0.2) is 72.6 Å². The molecule has 3 heterocycles. The third-order valence-corrected chi connectivity index (χ3v) is 5.39. The molecule has 3 fully saturated rings. The summed E-state index contributed by atoms with van der Waals surface area (Å²) in [6.07, 6.45) is 4.27. The molecule has 2 unspecified atom stereocenters. The molecule has 0 radical (unpaired) electrons. The number of rotatable bonds is 3. The highest BCUT2D eigenvalue weighted by Gasteiger charge is 2.44. The van der Waals surface area contributed by atoms with Gasteiger partial charge in [0, 0.05) is 37.8 Å². The second kappa shape index (κ2) is 7.24. The molecule has 20 heavy (non-hydrogen) atoms. The van der Waals surface area contributed by atoms with Crippen LogP contribution in [0.15, 0.2) is 0 Å². The highest BCUT2D eigenvalue weighted by molar-refractivity contribution is 5.01. The Hall–Kier alpha value is -0.120. The van der Waals surface area contributed by atoms with E-state index in [9.17, 15) is 0 Å². The van der Waals surface area contributed by atoms with Crippen molar-refractivity contribution in [2.45, 2.75) is 65.1 Å². The summed E-state index contributed by atoms with van der Waals surface area (Å²) < 4.78 is 0. The quantitative estimate of drug-likeness (QED) is 0.787. The summed E-state index contributed by atoms with van der Waals surface area (Å²) >= 11 is 0. The second-order valence-electron chi connectivity index (χ2n) is 7.03. The smallest absolute Gasteiger partial charge is 0.0242 e. The first-order chi connectivity index (χ1) is 9.63. The normalized spacial score (nSPS) is 32.7. The van der Waals surface area contributed by atoms with Gasteiger partial charge in [0.25, 0.3) is 0 Å². The number of fused-ring (bicyclic) bond motifs is 2. The van der Waals surface area contributed by atoms with Crippen LogP contribution >= 0.6 is 0 Å². The number of hydrogen-bond donors (Lipinski definition) is 0. The van der Waals surface area contributed by atoms with Gasteiger partial charge in [0.05, 0.1) is 0 Å². The van der Waals surface area contributed by atoms with E-state index < -0.39 is 0 Å². The lowest BCUT2D eigenvalue weighted by Gasteiger charge is -2.39. The first-order valence-corrected chi connectivity index (χ1v) is 8.82. The molecule has 0 aromatic heterocycles. The Morgan fingerprint density at radius 1 is 1.00 bits per heavy atom. The molecule has 0 N–H and O–H groups in total. The zero-order valence-corrected chi connectivity index (χ0v) is 14.3. The maximum absolute atomic E-state index is 2.81. The number of hydrogen-bond acceptors (Lipinski definition) is 3. The fourth-order valence-electron chi connectivity index (χ4n) is 4.21. The van der Waals surface area contributed by atoms with Crippen molar-refractivity contribution in [1.29, 1.82) is 0 Å². The number of nitrogens with zero attached hydrogens (tertiary/aromatic N) is 3. The first-order valence-electron chi connectivity index (χ1n) is 8.82. The molecule has 3 aliphatic rings. The van der Waals surface area contributed by atoms with Crippen LogP contribution in [0.1, 0.15) is 47.0 Å². The summed E-state index contributed by atoms with van der Waals surface area (Å²) in [5.74, 6) is 0.966. The summed E-state index contributed by atoms with van der Waals surface area (Å²) in [6, 6.07) is 2.48. The van der Waals surface area contributed by atoms with Crippen LogP contribution in [0.5, 0.6) is 0 Å². The summed E-state index contributed by atoms with van der Waals surface area (Å²) in [6.45, 7) is 15.4. The maximum atomic E-state index is 2.81. The minimum Gasteiger partial charge on any atom is -0.306 e. The Morgan fingerprint density at radius 2 is 1.65 bits per heavy atom. The van der Waals surface area contributed by atoms with Crippen molar-refractivity contribution in [2.75, 3.05) is 39.8 Å². The molecular weight excluding hydrogens is 246 g/mol. The maximum Gasteiger partial charge on any atom is 0.0242 e. The Kier molecular flexibility index (Phi) is 5.88. The molecule has 3 aliphatic heterocycles. The summed E-state index contributed by atoms with van der Waals surface area (Å²) in [5, 5.41) is 0. The van der Waals surface area contributed by atoms with Gasteiger partial charge in [-0.2, -0.15) is 0 Å². The first kappa shape index (κ1) is 16.3. The lowest BCUT2D eigenvalue weighted by Crippen LogP contribution is -2.50. The average molecular weight is 281 g/mol. The summed E-state index contributed by atoms with van der Waals surface area (Å²) in [4.78, 5) is 8.00. The number of likely N-dealkylation sites (tertiary alicyclic amines) is 3. The average Bonchev–Trinajstić information content (AvgIpc) is 3.03. The van der Waals surface area contributed by atoms with Gasteiger partial charge in [-0.3, -0.25) is 9.80 Å². The standard InChI is InChI=1S/C15H29N3.C2H6/c1-12(2)18-11-14-8-15(18)10-17(14)9-13-4-6-16(3)7-5-13;1-2/h12-15H,4-11H2,1-3H3;1-2H3. The summed E-state index contributed by atoms with van der Waals surface area (Å²) in [7, 11) is 2.26. The largest absolute Gasteiger partial charge is 0.306 e. The topological polar surface area (TPSA) is 9.72 Å². The van der Waals surface area contributed by atoms with E-state index in [0.29, 0.717) is 0 Å². The van der Waals surface area contributed by atoms with Gasteiger partial charge in [-0.1, -0.05) is 13.8 Å². The lowest BCUT2D eigenvalue weighted by atomic mass is 9.96. The highest BCUT2D eigenvalue weighted by atomic mass is 15.4. The Morgan fingerprint density at radius 3 is 2.15 bits per heavy atom. The molecule has 0 saturated carbocycles. The van der Waals surface area contributed by atoms with Gasteiger partial charge < -0.3 is 4.90 Å². The van der Waals surface area contributed by atoms with Crippen molar-refractivity contribution in [3.63, 3.8) is 0 Å². The van der Waals surface area contributed by atoms with Gasteiger partial charge in [0.15, 0.2) is 0 Å². The monoisotopic (exact) mass is 281 g/mol. The van der Waals surface area contributed by atoms with Gasteiger partial charge in [-0.15, -0.1) is 0 Å². The van der Waals surface area contributed by atoms with E-state index >= 15 is 0 Å². The van der Waals surface area contributed by atoms with E-state index in [1.165, 1.54) is 52.0 Å². The van der Waals surface area contributed by atoms with Crippen molar-refractivity contribution in [3.05, 3.63) is 0 Å². The predicted molar refractivity (Wildman–Crippen MR) is 87.2 cm³/mol. The van der Waals surface area contributed by atoms with Crippen LogP contribution in [0.3, 0.4) is 0 Å². The Bertz CT molecular complexity index is 284. The van der Waals surface area contributed by atoms with Crippen LogP contribution in [-0.2, 0) is 0 Å². The summed E-state index contributed by atoms with van der Waals surface area (Å²) in [5.41, 5.74) is 0. The van der Waals surface area contributed by atoms with Crippen molar-refractivity contribution in [2.24, 2.45) is 5.92 Å². The zero-order valence-electron chi connectivity index (χ0n) is 14.3. The fraction of sp³-hybridized carbons (Fsp3) is 1.00. The number of piperazine rings is 1.